The van der Waals surface area contributed by atoms with Crippen molar-refractivity contribution in [2.45, 2.75) is 39.3 Å². The Hall–Kier alpha value is -1.20. The van der Waals surface area contributed by atoms with Crippen molar-refractivity contribution in [2.24, 2.45) is 5.92 Å². The summed E-state index contributed by atoms with van der Waals surface area (Å²) in [7, 11) is 4.31. The minimum Gasteiger partial charge on any atom is -0.355 e. The van der Waals surface area contributed by atoms with Crippen LogP contribution in [0.1, 0.15) is 32.4 Å². The molecule has 1 aromatic heterocycles. The summed E-state index contributed by atoms with van der Waals surface area (Å²) in [4.78, 5) is 13.7. The molecule has 0 saturated carbocycles. The zero-order valence-electron chi connectivity index (χ0n) is 13.8. The van der Waals surface area contributed by atoms with E-state index in [0.29, 0.717) is 6.04 Å². The van der Waals surface area contributed by atoms with Crippen molar-refractivity contribution in [1.29, 1.82) is 0 Å². The van der Waals surface area contributed by atoms with Gasteiger partial charge in [0.2, 0.25) is 0 Å². The Kier molecular flexibility index (Phi) is 5.94. The first-order valence-corrected chi connectivity index (χ1v) is 7.98. The molecule has 0 radical (unpaired) electrons. The third kappa shape index (κ3) is 5.25. The Morgan fingerprint density at radius 3 is 2.48 bits per heavy atom. The quantitative estimate of drug-likeness (QED) is 0.865. The van der Waals surface area contributed by atoms with E-state index in [0.717, 1.165) is 37.1 Å². The smallest absolute Gasteiger partial charge is 0.147 e. The molecule has 0 amide bonds. The Morgan fingerprint density at radius 2 is 1.95 bits per heavy atom. The van der Waals surface area contributed by atoms with Crippen LogP contribution < -0.4 is 10.2 Å². The van der Waals surface area contributed by atoms with Gasteiger partial charge >= 0.3 is 0 Å². The second-order valence-electron chi connectivity index (χ2n) is 6.59. The number of nitrogens with one attached hydrogen (secondary N) is 1. The van der Waals surface area contributed by atoms with Crippen LogP contribution in [0.5, 0.6) is 0 Å². The summed E-state index contributed by atoms with van der Waals surface area (Å²) in [5.74, 6) is 1.84. The standard InChI is InChI=1S/C16H29N5/c1-13(2)17-9-15-10-19-16(11-18-15)21-7-5-14(6-8-21)12-20(3)4/h10-11,13-14,17H,5-9,12H2,1-4H3. The van der Waals surface area contributed by atoms with E-state index >= 15 is 0 Å². The van der Waals surface area contributed by atoms with Gasteiger partial charge < -0.3 is 15.1 Å². The summed E-state index contributed by atoms with van der Waals surface area (Å²) in [6.07, 6.45) is 6.31. The lowest BCUT2D eigenvalue weighted by atomic mass is 9.96. The van der Waals surface area contributed by atoms with Gasteiger partial charge in [0.25, 0.3) is 0 Å². The van der Waals surface area contributed by atoms with Crippen LogP contribution in [0.4, 0.5) is 5.82 Å². The second kappa shape index (κ2) is 7.71. The molecule has 118 valence electrons. The van der Waals surface area contributed by atoms with Crippen molar-refractivity contribution in [2.75, 3.05) is 38.6 Å². The Bertz CT molecular complexity index is 407. The van der Waals surface area contributed by atoms with E-state index in [-0.39, 0.29) is 0 Å². The first kappa shape index (κ1) is 16.2. The third-order valence-electron chi connectivity index (χ3n) is 3.94. The van der Waals surface area contributed by atoms with Crippen LogP contribution in [-0.4, -0.2) is 54.6 Å². The Balaban J connectivity index is 1.83. The van der Waals surface area contributed by atoms with Gasteiger partial charge in [-0.05, 0) is 32.9 Å². The Morgan fingerprint density at radius 1 is 1.24 bits per heavy atom. The van der Waals surface area contributed by atoms with Crippen molar-refractivity contribution >= 4 is 5.82 Å². The van der Waals surface area contributed by atoms with Crippen LogP contribution in [0.2, 0.25) is 0 Å². The number of rotatable bonds is 6. The van der Waals surface area contributed by atoms with Crippen LogP contribution in [0.3, 0.4) is 0 Å². The highest BCUT2D eigenvalue weighted by molar-refractivity contribution is 5.36. The lowest BCUT2D eigenvalue weighted by Gasteiger charge is -2.33. The maximum Gasteiger partial charge on any atom is 0.147 e. The van der Waals surface area contributed by atoms with Crippen molar-refractivity contribution in [3.63, 3.8) is 0 Å². The van der Waals surface area contributed by atoms with E-state index in [4.69, 9.17) is 0 Å². The van der Waals surface area contributed by atoms with Crippen LogP contribution in [0.15, 0.2) is 12.4 Å². The molecule has 0 bridgehead atoms. The molecule has 0 aromatic carbocycles. The van der Waals surface area contributed by atoms with Crippen LogP contribution >= 0.6 is 0 Å². The van der Waals surface area contributed by atoms with Crippen molar-refractivity contribution in [3.05, 3.63) is 18.1 Å². The summed E-state index contributed by atoms with van der Waals surface area (Å²) in [5, 5.41) is 3.36. The van der Waals surface area contributed by atoms with E-state index in [2.05, 4.69) is 53.0 Å². The molecular weight excluding hydrogens is 262 g/mol. The average molecular weight is 291 g/mol. The molecule has 2 heterocycles. The van der Waals surface area contributed by atoms with Crippen LogP contribution in [0.25, 0.3) is 0 Å². The molecular formula is C16H29N5. The highest BCUT2D eigenvalue weighted by atomic mass is 15.2. The average Bonchev–Trinajstić information content (AvgIpc) is 2.46. The molecule has 1 aromatic rings. The first-order valence-electron chi connectivity index (χ1n) is 7.98. The molecule has 1 saturated heterocycles. The van der Waals surface area contributed by atoms with Gasteiger partial charge in [-0.25, -0.2) is 4.98 Å². The number of piperidine rings is 1. The predicted octanol–water partition coefficient (Wildman–Crippen LogP) is 1.75. The SMILES string of the molecule is CC(C)NCc1cnc(N2CCC(CN(C)C)CC2)cn1. The van der Waals surface area contributed by atoms with E-state index < -0.39 is 0 Å². The molecule has 0 spiro atoms. The summed E-state index contributed by atoms with van der Waals surface area (Å²) in [5.41, 5.74) is 1.01. The maximum atomic E-state index is 4.58. The van der Waals surface area contributed by atoms with Gasteiger partial charge in [0.15, 0.2) is 0 Å². The topological polar surface area (TPSA) is 44.3 Å². The molecule has 1 fully saturated rings. The van der Waals surface area contributed by atoms with E-state index in [1.54, 1.807) is 0 Å². The third-order valence-corrected chi connectivity index (χ3v) is 3.94. The molecule has 1 aliphatic rings. The van der Waals surface area contributed by atoms with Gasteiger partial charge in [-0.15, -0.1) is 0 Å². The van der Waals surface area contributed by atoms with Gasteiger partial charge in [-0.2, -0.15) is 0 Å². The van der Waals surface area contributed by atoms with Gasteiger partial charge in [-0.3, -0.25) is 4.98 Å². The number of nitrogens with zero attached hydrogens (tertiary/aromatic N) is 4. The molecule has 2 rings (SSSR count). The molecule has 5 heteroatoms. The van der Waals surface area contributed by atoms with E-state index in [1.165, 1.54) is 19.4 Å². The van der Waals surface area contributed by atoms with E-state index in [1.807, 2.05) is 12.4 Å². The molecule has 21 heavy (non-hydrogen) atoms. The zero-order chi connectivity index (χ0) is 15.2. The fraction of sp³-hybridized carbons (Fsp3) is 0.750. The largest absolute Gasteiger partial charge is 0.355 e. The lowest BCUT2D eigenvalue weighted by molar-refractivity contribution is 0.284. The van der Waals surface area contributed by atoms with Crippen molar-refractivity contribution in [3.8, 4) is 0 Å². The Labute approximate surface area is 128 Å². The number of aromatic nitrogens is 2. The molecule has 5 nitrogen and oxygen atoms in total. The van der Waals surface area contributed by atoms with Crippen LogP contribution in [-0.2, 0) is 6.54 Å². The summed E-state index contributed by atoms with van der Waals surface area (Å²) in [6.45, 7) is 8.45. The monoisotopic (exact) mass is 291 g/mol. The number of hydrogen-bond acceptors (Lipinski definition) is 5. The van der Waals surface area contributed by atoms with Gasteiger partial charge in [0, 0.05) is 32.2 Å². The van der Waals surface area contributed by atoms with Crippen molar-refractivity contribution < 1.29 is 0 Å². The summed E-state index contributed by atoms with van der Waals surface area (Å²) in [6, 6.07) is 0.474. The van der Waals surface area contributed by atoms with Gasteiger partial charge in [-0.1, -0.05) is 13.8 Å². The van der Waals surface area contributed by atoms with Crippen molar-refractivity contribution in [1.82, 2.24) is 20.2 Å². The molecule has 1 N–H and O–H groups in total. The maximum absolute atomic E-state index is 4.58. The first-order chi connectivity index (χ1) is 10.0. The zero-order valence-corrected chi connectivity index (χ0v) is 13.8. The molecule has 0 atom stereocenters. The fourth-order valence-corrected chi connectivity index (χ4v) is 2.77. The fourth-order valence-electron chi connectivity index (χ4n) is 2.77. The van der Waals surface area contributed by atoms with Gasteiger partial charge in [0.1, 0.15) is 5.82 Å². The highest BCUT2D eigenvalue weighted by Crippen LogP contribution is 2.21. The lowest BCUT2D eigenvalue weighted by Crippen LogP contribution is -2.37. The molecule has 1 aliphatic heterocycles. The normalized spacial score (nSPS) is 17.0. The predicted molar refractivity (Wildman–Crippen MR) is 87.5 cm³/mol. The molecule has 0 aliphatic carbocycles. The summed E-state index contributed by atoms with van der Waals surface area (Å²) >= 11 is 0. The van der Waals surface area contributed by atoms with Crippen LogP contribution in [0, 0.1) is 5.92 Å². The second-order valence-corrected chi connectivity index (χ2v) is 6.59. The number of anilines is 1. The minimum absolute atomic E-state index is 0.474. The summed E-state index contributed by atoms with van der Waals surface area (Å²) < 4.78 is 0. The minimum atomic E-state index is 0.474. The highest BCUT2D eigenvalue weighted by Gasteiger charge is 2.20. The number of hydrogen-bond donors (Lipinski definition) is 1. The van der Waals surface area contributed by atoms with Gasteiger partial charge in [0.05, 0.1) is 18.1 Å². The molecule has 0 unspecified atom stereocenters. The van der Waals surface area contributed by atoms with E-state index in [9.17, 15) is 0 Å².